The second-order valence-corrected chi connectivity index (χ2v) is 7.50. The molecule has 0 saturated carbocycles. The van der Waals surface area contributed by atoms with Gasteiger partial charge in [0.15, 0.2) is 0 Å². The van der Waals surface area contributed by atoms with E-state index in [0.717, 1.165) is 33.1 Å². The van der Waals surface area contributed by atoms with E-state index in [1.54, 1.807) is 0 Å². The largest absolute Gasteiger partial charge is 0.456 e. The molecule has 0 radical (unpaired) electrons. The molecule has 0 N–H and O–H groups in total. The summed E-state index contributed by atoms with van der Waals surface area (Å²) in [6.07, 6.45) is 3.71. The molecule has 124 valence electrons. The maximum atomic E-state index is 6.23. The van der Waals surface area contributed by atoms with Crippen LogP contribution in [-0.4, -0.2) is 9.97 Å². The molecule has 0 spiro atoms. The maximum Gasteiger partial charge on any atom is 0.136 e. The number of furan rings is 1. The van der Waals surface area contributed by atoms with Gasteiger partial charge >= 0.3 is 0 Å². The van der Waals surface area contributed by atoms with Gasteiger partial charge in [-0.05, 0) is 47.5 Å². The van der Waals surface area contributed by atoms with Gasteiger partial charge in [0, 0.05) is 39.5 Å². The maximum absolute atomic E-state index is 6.23. The summed E-state index contributed by atoms with van der Waals surface area (Å²) < 4.78 is 6.23. The van der Waals surface area contributed by atoms with Crippen molar-refractivity contribution in [3.05, 3.63) is 72.1 Å². The van der Waals surface area contributed by atoms with Crippen LogP contribution in [0.25, 0.3) is 44.1 Å². The highest BCUT2D eigenvalue weighted by Gasteiger charge is 2.39. The quantitative estimate of drug-likeness (QED) is 0.357. The fourth-order valence-corrected chi connectivity index (χ4v) is 4.62. The van der Waals surface area contributed by atoms with Gasteiger partial charge in [0.05, 0.1) is 11.2 Å². The van der Waals surface area contributed by atoms with Gasteiger partial charge in [-0.15, -0.1) is 0 Å². The van der Waals surface area contributed by atoms with Crippen molar-refractivity contribution in [2.75, 3.05) is 0 Å². The minimum absolute atomic E-state index is 0.125. The van der Waals surface area contributed by atoms with Crippen molar-refractivity contribution in [3.63, 3.8) is 0 Å². The van der Waals surface area contributed by atoms with Crippen molar-refractivity contribution >= 4 is 32.8 Å². The molecule has 0 saturated heterocycles. The lowest BCUT2D eigenvalue weighted by Gasteiger charge is -2.21. The summed E-state index contributed by atoms with van der Waals surface area (Å²) in [5.74, 6) is 0. The summed E-state index contributed by atoms with van der Waals surface area (Å²) in [6.45, 7) is 4.56. The molecule has 26 heavy (non-hydrogen) atoms. The highest BCUT2D eigenvalue weighted by molar-refractivity contribution is 6.20. The van der Waals surface area contributed by atoms with Crippen molar-refractivity contribution in [2.45, 2.75) is 19.3 Å². The van der Waals surface area contributed by atoms with Gasteiger partial charge in [0.1, 0.15) is 11.2 Å². The van der Waals surface area contributed by atoms with Crippen molar-refractivity contribution in [1.29, 1.82) is 0 Å². The van der Waals surface area contributed by atoms with E-state index in [0.29, 0.717) is 0 Å². The molecule has 5 aromatic rings. The van der Waals surface area contributed by atoms with Crippen molar-refractivity contribution in [1.82, 2.24) is 9.97 Å². The number of aromatic nitrogens is 2. The number of fused-ring (bicyclic) bond motifs is 9. The predicted molar refractivity (Wildman–Crippen MR) is 104 cm³/mol. The molecule has 3 aromatic heterocycles. The van der Waals surface area contributed by atoms with Crippen LogP contribution in [0.4, 0.5) is 0 Å². The van der Waals surface area contributed by atoms with Crippen LogP contribution in [0, 0.1) is 0 Å². The zero-order chi connectivity index (χ0) is 17.5. The van der Waals surface area contributed by atoms with Gasteiger partial charge in [-0.3, -0.25) is 9.97 Å². The fraction of sp³-hybridized carbons (Fsp3) is 0.130. The first-order valence-electron chi connectivity index (χ1n) is 8.85. The third-order valence-corrected chi connectivity index (χ3v) is 5.75. The van der Waals surface area contributed by atoms with Gasteiger partial charge in [-0.1, -0.05) is 26.0 Å². The second-order valence-electron chi connectivity index (χ2n) is 7.50. The number of hydrogen-bond donors (Lipinski definition) is 0. The fourth-order valence-electron chi connectivity index (χ4n) is 4.62. The molecule has 0 fully saturated rings. The molecule has 2 aromatic carbocycles. The molecule has 0 atom stereocenters. The molecule has 1 aliphatic carbocycles. The van der Waals surface area contributed by atoms with Crippen LogP contribution in [0.15, 0.2) is 65.3 Å². The summed E-state index contributed by atoms with van der Waals surface area (Å²) in [5, 5.41) is 3.49. The van der Waals surface area contributed by atoms with E-state index >= 15 is 0 Å². The molecule has 6 rings (SSSR count). The Morgan fingerprint density at radius 1 is 0.808 bits per heavy atom. The first-order chi connectivity index (χ1) is 12.7. The van der Waals surface area contributed by atoms with E-state index in [9.17, 15) is 0 Å². The third kappa shape index (κ3) is 1.54. The first-order valence-corrected chi connectivity index (χ1v) is 8.85. The second kappa shape index (κ2) is 4.50. The van der Waals surface area contributed by atoms with Crippen LogP contribution >= 0.6 is 0 Å². The third-order valence-electron chi connectivity index (χ3n) is 5.75. The van der Waals surface area contributed by atoms with Crippen LogP contribution in [0.2, 0.25) is 0 Å². The monoisotopic (exact) mass is 336 g/mol. The van der Waals surface area contributed by atoms with E-state index in [1.807, 2.05) is 36.7 Å². The van der Waals surface area contributed by atoms with E-state index < -0.39 is 0 Å². The van der Waals surface area contributed by atoms with E-state index in [4.69, 9.17) is 4.42 Å². The Morgan fingerprint density at radius 3 is 2.50 bits per heavy atom. The summed E-state index contributed by atoms with van der Waals surface area (Å²) >= 11 is 0. The predicted octanol–water partition coefficient (Wildman–Crippen LogP) is 5.84. The lowest BCUT2D eigenvalue weighted by Crippen LogP contribution is -2.15. The lowest BCUT2D eigenvalue weighted by molar-refractivity contribution is 0.656. The van der Waals surface area contributed by atoms with Crippen molar-refractivity contribution in [2.24, 2.45) is 0 Å². The smallest absolute Gasteiger partial charge is 0.136 e. The van der Waals surface area contributed by atoms with Gasteiger partial charge < -0.3 is 4.42 Å². The average molecular weight is 336 g/mol. The number of rotatable bonds is 0. The minimum Gasteiger partial charge on any atom is -0.456 e. The zero-order valence-electron chi connectivity index (χ0n) is 14.6. The zero-order valence-corrected chi connectivity index (χ0v) is 14.6. The summed E-state index contributed by atoms with van der Waals surface area (Å²) in [4.78, 5) is 9.22. The van der Waals surface area contributed by atoms with Crippen LogP contribution in [0.5, 0.6) is 0 Å². The summed E-state index contributed by atoms with van der Waals surface area (Å²) in [5.41, 5.74) is 7.58. The summed E-state index contributed by atoms with van der Waals surface area (Å²) in [7, 11) is 0. The van der Waals surface area contributed by atoms with Gasteiger partial charge in [0.2, 0.25) is 0 Å². The highest BCUT2D eigenvalue weighted by atomic mass is 16.3. The molecule has 0 amide bonds. The Kier molecular flexibility index (Phi) is 2.42. The normalized spacial score (nSPS) is 14.8. The molecule has 1 aliphatic rings. The Labute approximate surface area is 150 Å². The number of pyridine rings is 2. The Balaban J connectivity index is 1.89. The molecule has 3 heteroatoms. The highest BCUT2D eigenvalue weighted by Crippen LogP contribution is 2.52. The molecular weight excluding hydrogens is 320 g/mol. The van der Waals surface area contributed by atoms with Gasteiger partial charge in [-0.2, -0.15) is 0 Å². The average Bonchev–Trinajstić information content (AvgIpc) is 3.15. The molecule has 3 nitrogen and oxygen atoms in total. The number of nitrogens with zero attached hydrogens (tertiary/aromatic N) is 2. The Hall–Kier alpha value is -3.20. The van der Waals surface area contributed by atoms with Crippen LogP contribution in [-0.2, 0) is 5.41 Å². The van der Waals surface area contributed by atoms with Crippen molar-refractivity contribution in [3.8, 4) is 11.3 Å². The minimum atomic E-state index is -0.125. The topological polar surface area (TPSA) is 38.9 Å². The van der Waals surface area contributed by atoms with Crippen LogP contribution in [0.3, 0.4) is 0 Å². The molecule has 0 bridgehead atoms. The Bertz CT molecular complexity index is 1360. The molecular formula is C23H16N2O. The lowest BCUT2D eigenvalue weighted by atomic mass is 9.80. The van der Waals surface area contributed by atoms with Gasteiger partial charge in [0.25, 0.3) is 0 Å². The summed E-state index contributed by atoms with van der Waals surface area (Å²) in [6, 6.07) is 16.6. The standard InChI is InChI=1S/C23H16N2O/c1-23(2)15-6-4-12-25-22(15)14-7-9-18-20(21(14)23)19-13-5-3-11-24-16(13)8-10-17(19)26-18/h3-12H,1-2H3. The Morgan fingerprint density at radius 2 is 1.58 bits per heavy atom. The van der Waals surface area contributed by atoms with E-state index in [-0.39, 0.29) is 5.41 Å². The molecule has 0 aliphatic heterocycles. The number of hydrogen-bond acceptors (Lipinski definition) is 3. The number of benzene rings is 2. The van der Waals surface area contributed by atoms with E-state index in [2.05, 4.69) is 48.1 Å². The SMILES string of the molecule is CC1(C)c2cccnc2-c2ccc3oc4ccc5ncccc5c4c3c21. The van der Waals surface area contributed by atoms with Crippen LogP contribution < -0.4 is 0 Å². The van der Waals surface area contributed by atoms with Crippen LogP contribution in [0.1, 0.15) is 25.0 Å². The van der Waals surface area contributed by atoms with E-state index in [1.165, 1.54) is 22.1 Å². The molecule has 0 unspecified atom stereocenters. The van der Waals surface area contributed by atoms with Crippen molar-refractivity contribution < 1.29 is 4.42 Å². The first kappa shape index (κ1) is 14.0. The van der Waals surface area contributed by atoms with Gasteiger partial charge in [-0.25, -0.2) is 0 Å². The molecule has 3 heterocycles.